The van der Waals surface area contributed by atoms with Gasteiger partial charge in [0.2, 0.25) is 0 Å². The molecule has 0 spiro atoms. The van der Waals surface area contributed by atoms with Crippen LogP contribution in [0.2, 0.25) is 0 Å². The van der Waals surface area contributed by atoms with Gasteiger partial charge in [0.1, 0.15) is 10.7 Å². The van der Waals surface area contributed by atoms with E-state index in [1.54, 1.807) is 5.38 Å². The first kappa shape index (κ1) is 14.4. The van der Waals surface area contributed by atoms with Gasteiger partial charge in [0.15, 0.2) is 0 Å². The molecule has 1 saturated heterocycles. The average molecular weight is 282 g/mol. The van der Waals surface area contributed by atoms with Gasteiger partial charge in [-0.1, -0.05) is 0 Å². The molecule has 2 rings (SSSR count). The third-order valence-electron chi connectivity index (χ3n) is 3.56. The topological polar surface area (TPSA) is 71.2 Å². The van der Waals surface area contributed by atoms with E-state index in [0.717, 1.165) is 31.1 Å². The second-order valence-corrected chi connectivity index (χ2v) is 6.23. The number of aromatic nitrogens is 1. The van der Waals surface area contributed by atoms with Crippen LogP contribution in [0.5, 0.6) is 0 Å². The number of nitrogens with two attached hydrogens (primary N) is 1. The molecule has 6 heteroatoms. The van der Waals surface area contributed by atoms with E-state index in [0.29, 0.717) is 24.2 Å². The molecule has 0 aliphatic carbocycles. The molecule has 19 heavy (non-hydrogen) atoms. The van der Waals surface area contributed by atoms with Crippen LogP contribution >= 0.6 is 11.3 Å². The van der Waals surface area contributed by atoms with Gasteiger partial charge >= 0.3 is 0 Å². The number of nitrogens with one attached hydrogen (secondary N) is 1. The van der Waals surface area contributed by atoms with Crippen molar-refractivity contribution in [3.05, 3.63) is 16.1 Å². The van der Waals surface area contributed by atoms with E-state index in [9.17, 15) is 4.79 Å². The van der Waals surface area contributed by atoms with Gasteiger partial charge in [-0.3, -0.25) is 4.79 Å². The summed E-state index contributed by atoms with van der Waals surface area (Å²) in [4.78, 5) is 18.6. The summed E-state index contributed by atoms with van der Waals surface area (Å²) >= 11 is 1.44. The third kappa shape index (κ3) is 3.75. The van der Waals surface area contributed by atoms with Crippen molar-refractivity contribution < 1.29 is 4.79 Å². The zero-order valence-electron chi connectivity index (χ0n) is 11.6. The molecule has 0 radical (unpaired) electrons. The Balaban J connectivity index is 1.78. The van der Waals surface area contributed by atoms with E-state index in [1.807, 2.05) is 0 Å². The molecule has 3 N–H and O–H groups in total. The number of hydrogen-bond donors (Lipinski definition) is 2. The van der Waals surface area contributed by atoms with Crippen molar-refractivity contribution in [3.63, 3.8) is 0 Å². The number of nitrogens with zero attached hydrogens (tertiary/aromatic N) is 2. The minimum Gasteiger partial charge on any atom is -0.350 e. The van der Waals surface area contributed by atoms with Crippen LogP contribution in [0.15, 0.2) is 5.38 Å². The van der Waals surface area contributed by atoms with Crippen LogP contribution in [0.4, 0.5) is 0 Å². The van der Waals surface area contributed by atoms with Gasteiger partial charge in [0.05, 0.1) is 0 Å². The first-order chi connectivity index (χ1) is 9.10. The molecule has 1 unspecified atom stereocenters. The molecule has 1 aliphatic heterocycles. The molecular weight excluding hydrogens is 260 g/mol. The minimum atomic E-state index is -0.0843. The largest absolute Gasteiger partial charge is 0.350 e. The van der Waals surface area contributed by atoms with Crippen LogP contribution in [0.3, 0.4) is 0 Å². The van der Waals surface area contributed by atoms with Crippen LogP contribution in [0.1, 0.15) is 35.8 Å². The van der Waals surface area contributed by atoms with Crippen LogP contribution in [-0.2, 0) is 6.54 Å². The highest BCUT2D eigenvalue weighted by molar-refractivity contribution is 7.09. The predicted molar refractivity (Wildman–Crippen MR) is 77.2 cm³/mol. The maximum absolute atomic E-state index is 11.9. The molecule has 5 nitrogen and oxygen atoms in total. The van der Waals surface area contributed by atoms with Gasteiger partial charge in [-0.15, -0.1) is 11.3 Å². The number of rotatable bonds is 5. The van der Waals surface area contributed by atoms with E-state index < -0.39 is 0 Å². The van der Waals surface area contributed by atoms with Gasteiger partial charge in [0.25, 0.3) is 5.91 Å². The first-order valence-electron chi connectivity index (χ1n) is 6.77. The Morgan fingerprint density at radius 1 is 1.68 bits per heavy atom. The van der Waals surface area contributed by atoms with Crippen molar-refractivity contribution in [3.8, 4) is 0 Å². The Morgan fingerprint density at radius 3 is 3.05 bits per heavy atom. The molecule has 1 atom stereocenters. The van der Waals surface area contributed by atoms with E-state index >= 15 is 0 Å². The number of thiazole rings is 1. The van der Waals surface area contributed by atoms with Crippen molar-refractivity contribution >= 4 is 17.2 Å². The predicted octanol–water partition coefficient (Wildman–Crippen LogP) is 1.06. The highest BCUT2D eigenvalue weighted by Crippen LogP contribution is 2.17. The van der Waals surface area contributed by atoms with Gasteiger partial charge < -0.3 is 16.0 Å². The molecule has 1 aromatic rings. The lowest BCUT2D eigenvalue weighted by Crippen LogP contribution is -2.33. The summed E-state index contributed by atoms with van der Waals surface area (Å²) in [6.45, 7) is 7.76. The summed E-state index contributed by atoms with van der Waals surface area (Å²) in [5, 5.41) is 5.55. The molecule has 0 saturated carbocycles. The summed E-state index contributed by atoms with van der Waals surface area (Å²) in [5.41, 5.74) is 5.98. The fraction of sp³-hybridized carbons (Fsp3) is 0.692. The Kier molecular flexibility index (Phi) is 4.90. The Labute approximate surface area is 118 Å². The Hall–Kier alpha value is -0.980. The average Bonchev–Trinajstić information content (AvgIpc) is 3.04. The molecular formula is C13H22N4OS. The van der Waals surface area contributed by atoms with E-state index in [4.69, 9.17) is 5.73 Å². The van der Waals surface area contributed by atoms with Crippen molar-refractivity contribution in [2.75, 3.05) is 19.6 Å². The zero-order chi connectivity index (χ0) is 13.8. The fourth-order valence-corrected chi connectivity index (χ4v) is 2.99. The summed E-state index contributed by atoms with van der Waals surface area (Å²) in [6.07, 6.45) is 1.16. The normalized spacial score (nSPS) is 20.1. The maximum atomic E-state index is 11.9. The van der Waals surface area contributed by atoms with E-state index in [1.165, 1.54) is 11.3 Å². The number of hydrogen-bond acceptors (Lipinski definition) is 5. The highest BCUT2D eigenvalue weighted by Gasteiger charge is 2.24. The number of likely N-dealkylation sites (tertiary alicyclic amines) is 1. The summed E-state index contributed by atoms with van der Waals surface area (Å²) < 4.78 is 0. The van der Waals surface area contributed by atoms with Crippen LogP contribution in [0.25, 0.3) is 0 Å². The van der Waals surface area contributed by atoms with Crippen LogP contribution in [-0.4, -0.2) is 41.5 Å². The molecule has 2 heterocycles. The number of carbonyl (C=O) groups excluding carboxylic acids is 1. The van der Waals surface area contributed by atoms with Gasteiger partial charge in [-0.2, -0.15) is 0 Å². The monoisotopic (exact) mass is 282 g/mol. The van der Waals surface area contributed by atoms with Gasteiger partial charge in [0, 0.05) is 31.1 Å². The second-order valence-electron chi connectivity index (χ2n) is 5.28. The lowest BCUT2D eigenvalue weighted by molar-refractivity contribution is 0.0942. The van der Waals surface area contributed by atoms with Crippen LogP contribution in [0, 0.1) is 5.92 Å². The molecule has 1 aliphatic rings. The van der Waals surface area contributed by atoms with Crippen molar-refractivity contribution in [2.45, 2.75) is 32.9 Å². The fourth-order valence-electron chi connectivity index (χ4n) is 2.33. The minimum absolute atomic E-state index is 0.0843. The summed E-state index contributed by atoms with van der Waals surface area (Å²) in [6, 6.07) is 0.589. The Bertz CT molecular complexity index is 432. The molecule has 1 amide bonds. The molecule has 106 valence electrons. The molecule has 1 fully saturated rings. The van der Waals surface area contributed by atoms with Crippen molar-refractivity contribution in [1.29, 1.82) is 0 Å². The molecule has 1 aromatic heterocycles. The summed E-state index contributed by atoms with van der Waals surface area (Å²) in [5.74, 6) is 0.470. The lowest BCUT2D eigenvalue weighted by atomic mass is 10.1. The third-order valence-corrected chi connectivity index (χ3v) is 4.43. The summed E-state index contributed by atoms with van der Waals surface area (Å²) in [7, 11) is 0. The quantitative estimate of drug-likeness (QED) is 0.847. The number of carbonyl (C=O) groups is 1. The Morgan fingerprint density at radius 2 is 2.47 bits per heavy atom. The van der Waals surface area contributed by atoms with Crippen molar-refractivity contribution in [1.82, 2.24) is 15.2 Å². The first-order valence-corrected chi connectivity index (χ1v) is 7.64. The zero-order valence-corrected chi connectivity index (χ0v) is 12.4. The SMILES string of the molecule is CC(C)N1CCC(CNC(=O)c2csc(CN)n2)C1. The molecule has 0 aromatic carbocycles. The lowest BCUT2D eigenvalue weighted by Gasteiger charge is -2.20. The van der Waals surface area contributed by atoms with Gasteiger partial charge in [-0.05, 0) is 32.7 Å². The standard InChI is InChI=1S/C13H22N4OS/c1-9(2)17-4-3-10(7-17)6-15-13(18)11-8-19-12(5-14)16-11/h8-10H,3-7,14H2,1-2H3,(H,15,18). The van der Waals surface area contributed by atoms with Crippen molar-refractivity contribution in [2.24, 2.45) is 11.7 Å². The van der Waals surface area contributed by atoms with E-state index in [2.05, 4.69) is 29.0 Å². The highest BCUT2D eigenvalue weighted by atomic mass is 32.1. The molecule has 0 bridgehead atoms. The smallest absolute Gasteiger partial charge is 0.270 e. The van der Waals surface area contributed by atoms with Gasteiger partial charge in [-0.25, -0.2) is 4.98 Å². The maximum Gasteiger partial charge on any atom is 0.270 e. The number of amides is 1. The van der Waals surface area contributed by atoms with Crippen LogP contribution < -0.4 is 11.1 Å². The second kappa shape index (κ2) is 6.45. The van der Waals surface area contributed by atoms with E-state index in [-0.39, 0.29) is 5.91 Å².